The molecule has 1 heterocycles. The number of piperazine rings is 1. The van der Waals surface area contributed by atoms with Crippen molar-refractivity contribution in [3.8, 4) is 16.9 Å². The van der Waals surface area contributed by atoms with Crippen LogP contribution in [0.15, 0.2) is 78.9 Å². The number of nitrogens with zero attached hydrogens (tertiary/aromatic N) is 2. The number of fused-ring (bicyclic) bond motifs is 2. The first-order chi connectivity index (χ1) is 17.6. The van der Waals surface area contributed by atoms with Gasteiger partial charge in [0.25, 0.3) is 0 Å². The second kappa shape index (κ2) is 9.13. The van der Waals surface area contributed by atoms with Crippen LogP contribution in [0, 0.1) is 0 Å². The van der Waals surface area contributed by atoms with E-state index in [1.54, 1.807) is 7.11 Å². The number of anilines is 2. The Labute approximate surface area is 210 Å². The van der Waals surface area contributed by atoms with Crippen LogP contribution in [0.4, 0.5) is 11.4 Å². The summed E-state index contributed by atoms with van der Waals surface area (Å²) >= 11 is 0. The summed E-state index contributed by atoms with van der Waals surface area (Å²) in [4.78, 5) is 30.7. The van der Waals surface area contributed by atoms with Gasteiger partial charge in [0.1, 0.15) is 5.75 Å². The van der Waals surface area contributed by atoms with Crippen LogP contribution < -0.4 is 15.0 Å². The fourth-order valence-electron chi connectivity index (χ4n) is 5.42. The predicted octanol–water partition coefficient (Wildman–Crippen LogP) is 4.82. The van der Waals surface area contributed by atoms with Crippen molar-refractivity contribution < 1.29 is 14.3 Å². The summed E-state index contributed by atoms with van der Waals surface area (Å²) in [6.45, 7) is 3.57. The number of amides is 1. The van der Waals surface area contributed by atoms with Gasteiger partial charge < -0.3 is 15.0 Å². The summed E-state index contributed by atoms with van der Waals surface area (Å²) in [6.07, 6.45) is 0. The molecule has 1 amide bonds. The van der Waals surface area contributed by atoms with E-state index >= 15 is 0 Å². The number of para-hydroxylation sites is 2. The summed E-state index contributed by atoms with van der Waals surface area (Å²) in [6, 6.07) is 25.4. The Hall–Kier alpha value is -4.16. The molecule has 1 aliphatic carbocycles. The molecule has 1 fully saturated rings. The Morgan fingerprint density at radius 1 is 0.806 bits per heavy atom. The molecule has 0 saturated carbocycles. The van der Waals surface area contributed by atoms with Crippen molar-refractivity contribution in [1.29, 1.82) is 0 Å². The molecule has 0 radical (unpaired) electrons. The Bertz CT molecular complexity index is 1490. The lowest BCUT2D eigenvalue weighted by Crippen LogP contribution is -2.48. The van der Waals surface area contributed by atoms with Crippen molar-refractivity contribution >= 4 is 33.8 Å². The molecule has 6 heteroatoms. The van der Waals surface area contributed by atoms with Gasteiger partial charge in [-0.25, -0.2) is 0 Å². The first-order valence-corrected chi connectivity index (χ1v) is 12.2. The van der Waals surface area contributed by atoms with Gasteiger partial charge >= 0.3 is 0 Å². The van der Waals surface area contributed by atoms with Crippen molar-refractivity contribution in [2.45, 2.75) is 0 Å². The molecule has 180 valence electrons. The van der Waals surface area contributed by atoms with Crippen molar-refractivity contribution in [1.82, 2.24) is 4.90 Å². The average molecular weight is 478 g/mol. The zero-order valence-corrected chi connectivity index (χ0v) is 20.2. The number of methoxy groups -OCH3 is 1. The zero-order valence-electron chi connectivity index (χ0n) is 20.2. The van der Waals surface area contributed by atoms with Crippen molar-refractivity contribution in [3.63, 3.8) is 0 Å². The molecule has 6 nitrogen and oxygen atoms in total. The van der Waals surface area contributed by atoms with E-state index in [-0.39, 0.29) is 11.7 Å². The molecule has 4 aromatic carbocycles. The van der Waals surface area contributed by atoms with Crippen LogP contribution in [0.2, 0.25) is 0 Å². The van der Waals surface area contributed by atoms with Gasteiger partial charge in [0, 0.05) is 53.8 Å². The molecule has 0 atom stereocenters. The van der Waals surface area contributed by atoms with Crippen LogP contribution >= 0.6 is 0 Å². The van der Waals surface area contributed by atoms with Gasteiger partial charge in [-0.1, -0.05) is 60.7 Å². The van der Waals surface area contributed by atoms with E-state index in [4.69, 9.17) is 4.74 Å². The lowest BCUT2D eigenvalue weighted by Gasteiger charge is -2.36. The molecule has 1 aliphatic heterocycles. The molecule has 0 bridgehead atoms. The minimum Gasteiger partial charge on any atom is -0.495 e. The number of rotatable bonds is 5. The Kier molecular flexibility index (Phi) is 5.66. The van der Waals surface area contributed by atoms with E-state index in [2.05, 4.69) is 21.2 Å². The standard InChI is InChI=1S/C30H27N3O3/c1-36-27-12-5-4-11-26(27)33-17-15-32(16-18-33)19-28(34)31-25-14-13-21-20-7-2-3-8-22(20)30(35)24-10-6-9-23(25)29(21)24/h2-14H,15-19H2,1H3,(H,31,34). The fraction of sp³-hybridized carbons (Fsp3) is 0.200. The number of hydrogen-bond acceptors (Lipinski definition) is 5. The molecule has 1 saturated heterocycles. The molecule has 6 rings (SSSR count). The van der Waals surface area contributed by atoms with Crippen molar-refractivity contribution in [2.75, 3.05) is 50.1 Å². The van der Waals surface area contributed by atoms with Crippen molar-refractivity contribution in [2.24, 2.45) is 0 Å². The third kappa shape index (κ3) is 3.80. The molecule has 4 aromatic rings. The summed E-state index contributed by atoms with van der Waals surface area (Å²) in [5.74, 6) is 0.844. The summed E-state index contributed by atoms with van der Waals surface area (Å²) in [7, 11) is 1.69. The highest BCUT2D eigenvalue weighted by Gasteiger charge is 2.26. The zero-order chi connectivity index (χ0) is 24.6. The van der Waals surface area contributed by atoms with Crippen molar-refractivity contribution in [3.05, 3.63) is 90.0 Å². The number of ether oxygens (including phenoxy) is 1. The molecule has 36 heavy (non-hydrogen) atoms. The topological polar surface area (TPSA) is 61.9 Å². The SMILES string of the molecule is COc1ccccc1N1CCN(CC(=O)Nc2ccc3c4c(cccc24)C(=O)c2ccccc2-3)CC1. The number of ketones is 1. The molecule has 0 spiro atoms. The van der Waals surface area contributed by atoms with E-state index in [0.717, 1.165) is 70.8 Å². The van der Waals surface area contributed by atoms with Crippen LogP contribution in [-0.2, 0) is 4.79 Å². The number of carbonyl (C=O) groups is 2. The highest BCUT2D eigenvalue weighted by Crippen LogP contribution is 2.41. The summed E-state index contributed by atoms with van der Waals surface area (Å²) in [5.41, 5.74) is 5.20. The third-order valence-corrected chi connectivity index (χ3v) is 7.19. The number of hydrogen-bond donors (Lipinski definition) is 1. The van der Waals surface area contributed by atoms with E-state index in [1.165, 1.54) is 0 Å². The monoisotopic (exact) mass is 477 g/mol. The average Bonchev–Trinajstić information content (AvgIpc) is 2.92. The first kappa shape index (κ1) is 22.3. The Morgan fingerprint density at radius 2 is 1.53 bits per heavy atom. The van der Waals surface area contributed by atoms with Gasteiger partial charge in [0.05, 0.1) is 19.3 Å². The quantitative estimate of drug-likeness (QED) is 0.393. The van der Waals surface area contributed by atoms with Crippen LogP contribution in [0.5, 0.6) is 5.75 Å². The van der Waals surface area contributed by atoms with E-state index in [9.17, 15) is 9.59 Å². The van der Waals surface area contributed by atoms with Gasteiger partial charge in [-0.3, -0.25) is 14.5 Å². The van der Waals surface area contributed by atoms with Gasteiger partial charge in [-0.15, -0.1) is 0 Å². The van der Waals surface area contributed by atoms with Gasteiger partial charge in [-0.2, -0.15) is 0 Å². The van der Waals surface area contributed by atoms with Crippen LogP contribution in [0.3, 0.4) is 0 Å². The maximum absolute atomic E-state index is 13.2. The Morgan fingerprint density at radius 3 is 2.33 bits per heavy atom. The minimum absolute atomic E-state index is 0.0279. The summed E-state index contributed by atoms with van der Waals surface area (Å²) < 4.78 is 5.51. The molecule has 2 aliphatic rings. The number of carbonyl (C=O) groups excluding carboxylic acids is 2. The molecular formula is C30H27N3O3. The largest absolute Gasteiger partial charge is 0.495 e. The lowest BCUT2D eigenvalue weighted by molar-refractivity contribution is -0.117. The third-order valence-electron chi connectivity index (χ3n) is 7.19. The normalized spacial score (nSPS) is 15.0. The Balaban J connectivity index is 1.18. The number of benzene rings is 4. The molecule has 1 N–H and O–H groups in total. The van der Waals surface area contributed by atoms with E-state index in [0.29, 0.717) is 12.1 Å². The van der Waals surface area contributed by atoms with E-state index in [1.807, 2.05) is 72.8 Å². The van der Waals surface area contributed by atoms with Gasteiger partial charge in [0.2, 0.25) is 5.91 Å². The van der Waals surface area contributed by atoms with Crippen LogP contribution in [-0.4, -0.2) is 56.4 Å². The maximum Gasteiger partial charge on any atom is 0.238 e. The predicted molar refractivity (Wildman–Crippen MR) is 143 cm³/mol. The summed E-state index contributed by atoms with van der Waals surface area (Å²) in [5, 5.41) is 4.91. The van der Waals surface area contributed by atoms with Gasteiger partial charge in [0.15, 0.2) is 5.78 Å². The maximum atomic E-state index is 13.2. The second-order valence-corrected chi connectivity index (χ2v) is 9.25. The van der Waals surface area contributed by atoms with Crippen LogP contribution in [0.25, 0.3) is 21.9 Å². The molecular weight excluding hydrogens is 450 g/mol. The second-order valence-electron chi connectivity index (χ2n) is 9.25. The fourth-order valence-corrected chi connectivity index (χ4v) is 5.42. The first-order valence-electron chi connectivity index (χ1n) is 12.2. The molecule has 0 aromatic heterocycles. The smallest absolute Gasteiger partial charge is 0.238 e. The van der Waals surface area contributed by atoms with Crippen LogP contribution in [0.1, 0.15) is 15.9 Å². The minimum atomic E-state index is -0.0519. The lowest BCUT2D eigenvalue weighted by atomic mass is 9.82. The number of nitrogens with one attached hydrogen (secondary N) is 1. The molecule has 0 unspecified atom stereocenters. The highest BCUT2D eigenvalue weighted by atomic mass is 16.5. The highest BCUT2D eigenvalue weighted by molar-refractivity contribution is 6.27. The van der Waals surface area contributed by atoms with Gasteiger partial charge in [-0.05, 0) is 29.3 Å². The van der Waals surface area contributed by atoms with E-state index < -0.39 is 0 Å².